The van der Waals surface area contributed by atoms with Gasteiger partial charge in [-0.15, -0.1) is 6.42 Å². The fraction of sp³-hybridized carbons (Fsp3) is 0.250. The Balaban J connectivity index is 2.45. The Labute approximate surface area is 161 Å². The van der Waals surface area contributed by atoms with Gasteiger partial charge in [-0.2, -0.15) is 5.10 Å². The number of sulfone groups is 1. The number of terminal acetylenes is 1. The fourth-order valence-corrected chi connectivity index (χ4v) is 3.05. The number of halogens is 1. The van der Waals surface area contributed by atoms with Crippen LogP contribution in [0.25, 0.3) is 5.69 Å². The lowest BCUT2D eigenvalue weighted by atomic mass is 10.3. The Kier molecular flexibility index (Phi) is 6.55. The molecule has 27 heavy (non-hydrogen) atoms. The predicted octanol–water partition coefficient (Wildman–Crippen LogP) is 0.934. The number of amides is 1. The normalized spacial score (nSPS) is 11.7. The third kappa shape index (κ3) is 5.29. The van der Waals surface area contributed by atoms with Crippen LogP contribution in [0.15, 0.2) is 35.9 Å². The van der Waals surface area contributed by atoms with Gasteiger partial charge in [0.25, 0.3) is 5.91 Å². The minimum Gasteiger partial charge on any atom is -0.399 e. The van der Waals surface area contributed by atoms with Crippen LogP contribution in [0, 0.1) is 12.3 Å². The number of anilines is 1. The first kappa shape index (κ1) is 20.4. The molecule has 0 saturated heterocycles. The van der Waals surface area contributed by atoms with Crippen LogP contribution in [0.5, 0.6) is 0 Å². The topological polar surface area (TPSA) is 107 Å². The molecule has 2 heterocycles. The number of carbonyl (C=O) groups is 1. The molecule has 0 atom stereocenters. The van der Waals surface area contributed by atoms with Gasteiger partial charge in [-0.25, -0.2) is 13.1 Å². The minimum absolute atomic E-state index is 0.00132. The van der Waals surface area contributed by atoms with Crippen molar-refractivity contribution in [3.05, 3.63) is 35.9 Å². The molecular weight excluding hydrogens is 394 g/mol. The summed E-state index contributed by atoms with van der Waals surface area (Å²) in [7, 11) is -2.34. The van der Waals surface area contributed by atoms with Crippen molar-refractivity contribution in [3.63, 3.8) is 0 Å². The first-order chi connectivity index (χ1) is 12.8. The van der Waals surface area contributed by atoms with E-state index in [0.29, 0.717) is 5.69 Å². The third-order valence-corrected chi connectivity index (χ3v) is 4.26. The van der Waals surface area contributed by atoms with Crippen molar-refractivity contribution in [3.8, 4) is 18.0 Å². The van der Waals surface area contributed by atoms with E-state index in [1.807, 2.05) is 0 Å². The third-order valence-electron chi connectivity index (χ3n) is 3.19. The lowest BCUT2D eigenvalue weighted by molar-refractivity contribution is -0.112. The monoisotopic (exact) mass is 409 g/mol. The van der Waals surface area contributed by atoms with Gasteiger partial charge >= 0.3 is 0 Å². The van der Waals surface area contributed by atoms with E-state index in [0.717, 1.165) is 11.2 Å². The highest BCUT2D eigenvalue weighted by atomic mass is 35.5. The lowest BCUT2D eigenvalue weighted by Crippen LogP contribution is -2.40. The highest BCUT2D eigenvalue weighted by Crippen LogP contribution is 2.26. The summed E-state index contributed by atoms with van der Waals surface area (Å²) in [5.41, 5.74) is 0.474. The Hall–Kier alpha value is -2.90. The maximum absolute atomic E-state index is 12.8. The minimum atomic E-state index is -3.54. The van der Waals surface area contributed by atoms with E-state index in [-0.39, 0.29) is 23.1 Å². The average Bonchev–Trinajstić information content (AvgIpc) is 3.00. The summed E-state index contributed by atoms with van der Waals surface area (Å²) in [5.74, 6) is 0.962. The van der Waals surface area contributed by atoms with Crippen LogP contribution < -0.4 is 4.90 Å². The Morgan fingerprint density at radius 2 is 2.26 bits per heavy atom. The second kappa shape index (κ2) is 8.66. The molecule has 11 heteroatoms. The second-order valence-electron chi connectivity index (χ2n) is 5.35. The van der Waals surface area contributed by atoms with Crippen molar-refractivity contribution in [2.75, 3.05) is 30.6 Å². The van der Waals surface area contributed by atoms with Crippen LogP contribution in [0.1, 0.15) is 0 Å². The number of nitrogens with zero attached hydrogens (tertiary/aromatic N) is 5. The van der Waals surface area contributed by atoms with Crippen LogP contribution in [-0.2, 0) is 19.5 Å². The Morgan fingerprint density at radius 3 is 2.81 bits per heavy atom. The van der Waals surface area contributed by atoms with E-state index < -0.39 is 21.5 Å². The van der Waals surface area contributed by atoms with Gasteiger partial charge in [0, 0.05) is 12.5 Å². The zero-order valence-corrected chi connectivity index (χ0v) is 16.1. The number of hydrogen-bond acceptors (Lipinski definition) is 7. The maximum Gasteiger partial charge on any atom is 0.278 e. The Bertz CT molecular complexity index is 996. The van der Waals surface area contributed by atoms with Crippen molar-refractivity contribution < 1.29 is 18.0 Å². The Morgan fingerprint density at radius 1 is 1.52 bits per heavy atom. The molecule has 0 aliphatic heterocycles. The average molecular weight is 410 g/mol. The van der Waals surface area contributed by atoms with Gasteiger partial charge in [-0.1, -0.05) is 22.7 Å². The quantitative estimate of drug-likeness (QED) is 0.382. The number of oxime groups is 1. The van der Waals surface area contributed by atoms with Gasteiger partial charge in [-0.3, -0.25) is 14.7 Å². The van der Waals surface area contributed by atoms with Crippen molar-refractivity contribution in [2.45, 2.75) is 0 Å². The molecule has 0 bridgehead atoms. The molecule has 0 fully saturated rings. The van der Waals surface area contributed by atoms with Gasteiger partial charge in [0.1, 0.15) is 18.6 Å². The smallest absolute Gasteiger partial charge is 0.278 e. The fourth-order valence-electron chi connectivity index (χ4n) is 2.15. The molecule has 0 radical (unpaired) electrons. The summed E-state index contributed by atoms with van der Waals surface area (Å²) in [6, 6.07) is 3.46. The van der Waals surface area contributed by atoms with E-state index in [1.165, 1.54) is 18.0 Å². The van der Waals surface area contributed by atoms with Crippen molar-refractivity contribution in [2.24, 2.45) is 5.16 Å². The zero-order chi connectivity index (χ0) is 20.0. The molecule has 142 valence electrons. The van der Waals surface area contributed by atoms with Crippen molar-refractivity contribution >= 4 is 38.7 Å². The van der Waals surface area contributed by atoms with Crippen LogP contribution in [0.3, 0.4) is 0 Å². The molecule has 2 rings (SSSR count). The highest BCUT2D eigenvalue weighted by Gasteiger charge is 2.27. The standard InChI is InChI=1S/C16H16ClN5O4S/c1-4-8-21(16(23)13(20-26-2)11-27(3,24)25)14-10-22(19-15(14)17)12-6-5-7-18-9-12/h1,5-7,9-10H,8,11H2,2-3H3/b20-13+. The van der Waals surface area contributed by atoms with E-state index in [1.54, 1.807) is 24.5 Å². The largest absolute Gasteiger partial charge is 0.399 e. The van der Waals surface area contributed by atoms with Gasteiger partial charge in [0.15, 0.2) is 20.7 Å². The molecule has 0 saturated carbocycles. The molecule has 2 aromatic rings. The highest BCUT2D eigenvalue weighted by molar-refractivity contribution is 7.91. The number of carbonyl (C=O) groups excluding carboxylic acids is 1. The molecule has 0 unspecified atom stereocenters. The van der Waals surface area contributed by atoms with E-state index in [9.17, 15) is 13.2 Å². The van der Waals surface area contributed by atoms with Crippen molar-refractivity contribution in [1.82, 2.24) is 14.8 Å². The van der Waals surface area contributed by atoms with Gasteiger partial charge < -0.3 is 4.84 Å². The number of aromatic nitrogens is 3. The summed E-state index contributed by atoms with van der Waals surface area (Å²) in [6.45, 7) is -0.177. The molecule has 1 amide bonds. The number of rotatable bonds is 7. The summed E-state index contributed by atoms with van der Waals surface area (Å²) < 4.78 is 24.6. The van der Waals surface area contributed by atoms with Gasteiger partial charge in [0.2, 0.25) is 0 Å². The molecule has 0 aliphatic carbocycles. The lowest BCUT2D eigenvalue weighted by Gasteiger charge is -2.19. The van der Waals surface area contributed by atoms with Crippen LogP contribution in [0.2, 0.25) is 5.15 Å². The van der Waals surface area contributed by atoms with Crippen molar-refractivity contribution in [1.29, 1.82) is 0 Å². The molecule has 2 aromatic heterocycles. The maximum atomic E-state index is 12.8. The summed E-state index contributed by atoms with van der Waals surface area (Å²) in [6.07, 6.45) is 11.0. The zero-order valence-electron chi connectivity index (χ0n) is 14.5. The number of hydrogen-bond donors (Lipinski definition) is 0. The number of pyridine rings is 1. The van der Waals surface area contributed by atoms with Gasteiger partial charge in [-0.05, 0) is 12.1 Å². The van der Waals surface area contributed by atoms with Crippen LogP contribution >= 0.6 is 11.6 Å². The molecule has 0 N–H and O–H groups in total. The van der Waals surface area contributed by atoms with Gasteiger partial charge in [0.05, 0.1) is 24.6 Å². The van der Waals surface area contributed by atoms with Crippen LogP contribution in [0.4, 0.5) is 5.69 Å². The molecule has 0 aliphatic rings. The second-order valence-corrected chi connectivity index (χ2v) is 7.85. The molecule has 0 aromatic carbocycles. The predicted molar refractivity (Wildman–Crippen MR) is 102 cm³/mol. The summed E-state index contributed by atoms with van der Waals surface area (Å²) >= 11 is 6.18. The first-order valence-electron chi connectivity index (χ1n) is 7.45. The first-order valence-corrected chi connectivity index (χ1v) is 9.89. The van der Waals surface area contributed by atoms with E-state index >= 15 is 0 Å². The summed E-state index contributed by atoms with van der Waals surface area (Å²) in [5, 5.41) is 7.67. The van der Waals surface area contributed by atoms with E-state index in [2.05, 4.69) is 26.0 Å². The van der Waals surface area contributed by atoms with E-state index in [4.69, 9.17) is 18.0 Å². The molecule has 0 spiro atoms. The van der Waals surface area contributed by atoms with Crippen LogP contribution in [-0.4, -0.2) is 60.5 Å². The molecule has 9 nitrogen and oxygen atoms in total. The SMILES string of the molecule is C#CCN(C(=O)/C(CS(C)(=O)=O)=N/OC)c1cn(-c2cccnc2)nc1Cl. The molecular formula is C16H16ClN5O4S. The summed E-state index contributed by atoms with van der Waals surface area (Å²) in [4.78, 5) is 22.5.